The van der Waals surface area contributed by atoms with E-state index in [1.54, 1.807) is 44.2 Å². The molecule has 9 heteroatoms. The highest BCUT2D eigenvalue weighted by molar-refractivity contribution is 7.93. The molecular formula is C19H25F3N2O3S. The Labute approximate surface area is 163 Å². The zero-order valence-corrected chi connectivity index (χ0v) is 16.8. The van der Waals surface area contributed by atoms with E-state index in [2.05, 4.69) is 5.32 Å². The van der Waals surface area contributed by atoms with Gasteiger partial charge in [-0.15, -0.1) is 0 Å². The number of benzene rings is 1. The van der Waals surface area contributed by atoms with E-state index in [1.807, 2.05) is 0 Å². The molecule has 1 N–H and O–H groups in total. The molecule has 156 valence electrons. The molecule has 1 aromatic carbocycles. The van der Waals surface area contributed by atoms with Gasteiger partial charge in [-0.05, 0) is 32.3 Å². The van der Waals surface area contributed by atoms with Gasteiger partial charge in [0, 0.05) is 24.3 Å². The number of halogens is 3. The van der Waals surface area contributed by atoms with Crippen molar-refractivity contribution in [3.8, 4) is 0 Å². The van der Waals surface area contributed by atoms with E-state index < -0.39 is 39.5 Å². The molecule has 0 saturated carbocycles. The van der Waals surface area contributed by atoms with Crippen molar-refractivity contribution in [3.63, 3.8) is 0 Å². The van der Waals surface area contributed by atoms with Gasteiger partial charge in [-0.1, -0.05) is 36.4 Å². The number of nitrogens with one attached hydrogen (secondary N) is 1. The van der Waals surface area contributed by atoms with Crippen molar-refractivity contribution in [1.29, 1.82) is 0 Å². The maximum atomic E-state index is 13.4. The minimum Gasteiger partial charge on any atom is -0.332 e. The molecule has 0 aromatic heterocycles. The van der Waals surface area contributed by atoms with Gasteiger partial charge in [0.2, 0.25) is 0 Å². The van der Waals surface area contributed by atoms with Crippen LogP contribution in [0.5, 0.6) is 0 Å². The third-order valence-corrected chi connectivity index (χ3v) is 5.66. The second kappa shape index (κ2) is 8.14. The zero-order valence-electron chi connectivity index (χ0n) is 16.0. The predicted octanol–water partition coefficient (Wildman–Crippen LogP) is 3.83. The Morgan fingerprint density at radius 3 is 2.46 bits per heavy atom. The lowest BCUT2D eigenvalue weighted by atomic mass is 9.76. The van der Waals surface area contributed by atoms with Gasteiger partial charge in [-0.3, -0.25) is 0 Å². The second-order valence-electron chi connectivity index (χ2n) is 7.42. The summed E-state index contributed by atoms with van der Waals surface area (Å²) in [6, 6.07) is 7.52. The van der Waals surface area contributed by atoms with Crippen LogP contribution in [0.15, 0.2) is 41.8 Å². The predicted molar refractivity (Wildman–Crippen MR) is 101 cm³/mol. The van der Waals surface area contributed by atoms with E-state index in [9.17, 15) is 26.4 Å². The Bertz CT molecular complexity index is 825. The van der Waals surface area contributed by atoms with Crippen LogP contribution in [-0.4, -0.2) is 44.4 Å². The fourth-order valence-corrected chi connectivity index (χ4v) is 4.00. The SMILES string of the molecule is C[C@@H](/C=C/S(C)(=O)=O)NC(=O)N1CC[C@H](C(F)(F)F)C[C@]1(C)c1ccccc1. The van der Waals surface area contributed by atoms with Crippen LogP contribution >= 0.6 is 0 Å². The Balaban J connectivity index is 2.28. The summed E-state index contributed by atoms with van der Waals surface area (Å²) in [5.41, 5.74) is -0.511. The van der Waals surface area contributed by atoms with Crippen molar-refractivity contribution in [2.24, 2.45) is 5.92 Å². The van der Waals surface area contributed by atoms with Crippen LogP contribution in [0.3, 0.4) is 0 Å². The first-order valence-corrected chi connectivity index (χ1v) is 10.9. The summed E-state index contributed by atoms with van der Waals surface area (Å²) < 4.78 is 62.5. The van der Waals surface area contributed by atoms with Gasteiger partial charge >= 0.3 is 12.2 Å². The highest BCUT2D eigenvalue weighted by atomic mass is 32.2. The molecule has 2 rings (SSSR count). The summed E-state index contributed by atoms with van der Waals surface area (Å²) in [7, 11) is -3.34. The van der Waals surface area contributed by atoms with Gasteiger partial charge in [0.1, 0.15) is 0 Å². The van der Waals surface area contributed by atoms with E-state index in [4.69, 9.17) is 0 Å². The Kier molecular flexibility index (Phi) is 6.48. The average molecular weight is 418 g/mol. The molecular weight excluding hydrogens is 393 g/mol. The van der Waals surface area contributed by atoms with Crippen LogP contribution in [0.4, 0.5) is 18.0 Å². The summed E-state index contributed by atoms with van der Waals surface area (Å²) in [5, 5.41) is 3.65. The summed E-state index contributed by atoms with van der Waals surface area (Å²) in [4.78, 5) is 14.2. The maximum absolute atomic E-state index is 13.4. The monoisotopic (exact) mass is 418 g/mol. The van der Waals surface area contributed by atoms with Crippen LogP contribution < -0.4 is 5.32 Å². The number of carbonyl (C=O) groups is 1. The van der Waals surface area contributed by atoms with E-state index in [1.165, 1.54) is 11.0 Å². The second-order valence-corrected chi connectivity index (χ2v) is 9.35. The Hall–Kier alpha value is -2.03. The van der Waals surface area contributed by atoms with Gasteiger partial charge in [0.15, 0.2) is 9.84 Å². The summed E-state index contributed by atoms with van der Waals surface area (Å²) in [6.45, 7) is 3.18. The molecule has 0 bridgehead atoms. The average Bonchev–Trinajstić information content (AvgIpc) is 2.59. The molecule has 1 heterocycles. The number of sulfone groups is 1. The lowest BCUT2D eigenvalue weighted by molar-refractivity contribution is -0.194. The van der Waals surface area contributed by atoms with Crippen LogP contribution in [0.1, 0.15) is 32.3 Å². The molecule has 1 aromatic rings. The number of rotatable bonds is 4. The first kappa shape index (κ1) is 22.3. The van der Waals surface area contributed by atoms with Gasteiger partial charge in [0.05, 0.1) is 11.5 Å². The van der Waals surface area contributed by atoms with Crippen molar-refractivity contribution < 1.29 is 26.4 Å². The van der Waals surface area contributed by atoms with E-state index in [0.717, 1.165) is 11.7 Å². The van der Waals surface area contributed by atoms with Crippen LogP contribution in [0.2, 0.25) is 0 Å². The van der Waals surface area contributed by atoms with E-state index in [-0.39, 0.29) is 19.4 Å². The lowest BCUT2D eigenvalue weighted by Gasteiger charge is -2.48. The minimum absolute atomic E-state index is 0.0517. The number of urea groups is 1. The molecule has 2 amide bonds. The topological polar surface area (TPSA) is 66.5 Å². The fourth-order valence-electron chi connectivity index (χ4n) is 3.48. The quantitative estimate of drug-likeness (QED) is 0.808. The highest BCUT2D eigenvalue weighted by Crippen LogP contribution is 2.45. The number of nitrogens with zero attached hydrogens (tertiary/aromatic N) is 1. The standard InChI is InChI=1S/C19H25F3N2O3S/c1-14(10-12-28(3,26)27)23-17(25)24-11-9-16(19(20,21)22)13-18(24,2)15-7-5-4-6-8-15/h4-8,10,12,14,16H,9,11,13H2,1-3H3,(H,23,25)/b12-10+/t14-,16-,18+/m0/s1. The number of piperidine rings is 1. The van der Waals surface area contributed by atoms with Crippen molar-refractivity contribution in [2.45, 2.75) is 44.4 Å². The molecule has 1 aliphatic rings. The lowest BCUT2D eigenvalue weighted by Crippen LogP contribution is -2.58. The summed E-state index contributed by atoms with van der Waals surface area (Å²) in [6.07, 6.45) is -2.37. The van der Waals surface area contributed by atoms with Crippen LogP contribution in [-0.2, 0) is 15.4 Å². The van der Waals surface area contributed by atoms with Gasteiger partial charge in [-0.25, -0.2) is 13.2 Å². The minimum atomic E-state index is -4.33. The molecule has 1 aliphatic heterocycles. The van der Waals surface area contributed by atoms with Crippen LogP contribution in [0.25, 0.3) is 0 Å². The molecule has 1 fully saturated rings. The maximum Gasteiger partial charge on any atom is 0.391 e. The first-order valence-electron chi connectivity index (χ1n) is 8.91. The highest BCUT2D eigenvalue weighted by Gasteiger charge is 2.50. The van der Waals surface area contributed by atoms with Gasteiger partial charge < -0.3 is 10.2 Å². The van der Waals surface area contributed by atoms with Crippen molar-refractivity contribution in [2.75, 3.05) is 12.8 Å². The fraction of sp³-hybridized carbons (Fsp3) is 0.526. The molecule has 28 heavy (non-hydrogen) atoms. The largest absolute Gasteiger partial charge is 0.391 e. The molecule has 0 unspecified atom stereocenters. The number of alkyl halides is 3. The van der Waals surface area contributed by atoms with Crippen molar-refractivity contribution >= 4 is 15.9 Å². The smallest absolute Gasteiger partial charge is 0.332 e. The Morgan fingerprint density at radius 1 is 1.32 bits per heavy atom. The first-order chi connectivity index (χ1) is 12.8. The summed E-state index contributed by atoms with van der Waals surface area (Å²) >= 11 is 0. The van der Waals surface area contributed by atoms with Crippen LogP contribution in [0, 0.1) is 5.92 Å². The number of amides is 2. The van der Waals surface area contributed by atoms with E-state index >= 15 is 0 Å². The number of hydrogen-bond donors (Lipinski definition) is 1. The normalized spacial score (nSPS) is 24.9. The van der Waals surface area contributed by atoms with Gasteiger partial charge in [-0.2, -0.15) is 13.2 Å². The third kappa shape index (κ3) is 5.50. The van der Waals surface area contributed by atoms with Gasteiger partial charge in [0.25, 0.3) is 0 Å². The van der Waals surface area contributed by atoms with Crippen molar-refractivity contribution in [1.82, 2.24) is 10.2 Å². The summed E-state index contributed by atoms with van der Waals surface area (Å²) in [5.74, 6) is -1.50. The number of carbonyl (C=O) groups excluding carboxylic acids is 1. The molecule has 3 atom stereocenters. The molecule has 5 nitrogen and oxygen atoms in total. The zero-order chi connectivity index (χ0) is 21.2. The van der Waals surface area contributed by atoms with Crippen molar-refractivity contribution in [3.05, 3.63) is 47.4 Å². The molecule has 0 aliphatic carbocycles. The molecule has 1 saturated heterocycles. The molecule has 0 spiro atoms. The Morgan fingerprint density at radius 2 is 1.93 bits per heavy atom. The number of hydrogen-bond acceptors (Lipinski definition) is 3. The molecule has 0 radical (unpaired) electrons. The number of likely N-dealkylation sites (tertiary alicyclic amines) is 1. The third-order valence-electron chi connectivity index (χ3n) is 5.01. The van der Waals surface area contributed by atoms with E-state index in [0.29, 0.717) is 5.56 Å².